The van der Waals surface area contributed by atoms with Crippen molar-refractivity contribution in [2.24, 2.45) is 5.73 Å². The summed E-state index contributed by atoms with van der Waals surface area (Å²) in [4.78, 5) is 16.1. The molecule has 1 aromatic carbocycles. The molecule has 2 aromatic rings. The Hall–Kier alpha value is -2.22. The van der Waals surface area contributed by atoms with E-state index in [0.717, 1.165) is 0 Å². The lowest BCUT2D eigenvalue weighted by Crippen LogP contribution is -2.36. The van der Waals surface area contributed by atoms with Crippen molar-refractivity contribution in [2.45, 2.75) is 31.5 Å². The number of ether oxygens (including phenoxy) is 1. The first-order chi connectivity index (χ1) is 12.2. The van der Waals surface area contributed by atoms with Gasteiger partial charge in [-0.05, 0) is 44.2 Å². The molecule has 26 heavy (non-hydrogen) atoms. The number of benzene rings is 1. The van der Waals surface area contributed by atoms with Gasteiger partial charge >= 0.3 is 0 Å². The highest BCUT2D eigenvalue weighted by atomic mass is 19.1. The van der Waals surface area contributed by atoms with E-state index in [1.165, 1.54) is 44.2 Å². The summed E-state index contributed by atoms with van der Waals surface area (Å²) in [6, 6.07) is 6.57. The van der Waals surface area contributed by atoms with Gasteiger partial charge in [-0.1, -0.05) is 0 Å². The molecular formula is C19H20F2N2O3. The highest BCUT2D eigenvalue weighted by Crippen LogP contribution is 2.38. The van der Waals surface area contributed by atoms with E-state index < -0.39 is 22.8 Å². The number of aromatic nitrogens is 1. The van der Waals surface area contributed by atoms with Gasteiger partial charge in [0, 0.05) is 24.1 Å². The summed E-state index contributed by atoms with van der Waals surface area (Å²) < 4.78 is 33.9. The molecule has 0 saturated carbocycles. The fourth-order valence-corrected chi connectivity index (χ4v) is 3.05. The number of hydrogen-bond donors (Lipinski definition) is 2. The number of carbonyl (C=O) groups excluding carboxylic acids is 1. The second-order valence-corrected chi connectivity index (χ2v) is 6.99. The van der Waals surface area contributed by atoms with Crippen molar-refractivity contribution in [1.82, 2.24) is 4.98 Å². The van der Waals surface area contributed by atoms with Gasteiger partial charge in [-0.15, -0.1) is 0 Å². The van der Waals surface area contributed by atoms with Crippen LogP contribution in [0.3, 0.4) is 0 Å². The van der Waals surface area contributed by atoms with Gasteiger partial charge in [-0.25, -0.2) is 13.8 Å². The fourth-order valence-electron chi connectivity index (χ4n) is 3.05. The largest absolute Gasteiger partial charge is 0.386 e. The molecule has 5 nitrogen and oxygen atoms in total. The van der Waals surface area contributed by atoms with Gasteiger partial charge in [-0.3, -0.25) is 4.79 Å². The highest BCUT2D eigenvalue weighted by Gasteiger charge is 2.43. The molecule has 7 heteroatoms. The van der Waals surface area contributed by atoms with Gasteiger partial charge in [0.25, 0.3) is 0 Å². The number of aliphatic hydroxyl groups is 1. The van der Waals surface area contributed by atoms with Gasteiger partial charge in [0.05, 0.1) is 11.3 Å². The summed E-state index contributed by atoms with van der Waals surface area (Å²) in [5.41, 5.74) is 3.72. The Balaban J connectivity index is 2.24. The molecule has 1 saturated heterocycles. The maximum absolute atomic E-state index is 15.1. The monoisotopic (exact) mass is 362 g/mol. The lowest BCUT2D eigenvalue weighted by atomic mass is 9.89. The summed E-state index contributed by atoms with van der Waals surface area (Å²) >= 11 is 0. The van der Waals surface area contributed by atoms with Crippen molar-refractivity contribution in [3.63, 3.8) is 0 Å². The summed E-state index contributed by atoms with van der Waals surface area (Å²) in [5.74, 6) is -1.31. The summed E-state index contributed by atoms with van der Waals surface area (Å²) in [6.45, 7) is 2.77. The minimum atomic E-state index is -1.51. The number of rotatable bonds is 4. The van der Waals surface area contributed by atoms with Crippen LogP contribution >= 0.6 is 0 Å². The number of Topliss-reactive ketones (excluding diaryl/α,β-unsaturated/α-hetero) is 1. The van der Waals surface area contributed by atoms with Crippen LogP contribution in [0.4, 0.5) is 8.78 Å². The Morgan fingerprint density at radius 1 is 1.31 bits per heavy atom. The predicted octanol–water partition coefficient (Wildman–Crippen LogP) is 2.40. The Morgan fingerprint density at radius 2 is 1.96 bits per heavy atom. The van der Waals surface area contributed by atoms with Crippen LogP contribution in [0.15, 0.2) is 30.3 Å². The molecule has 3 rings (SSSR count). The molecule has 0 amide bonds. The van der Waals surface area contributed by atoms with Crippen molar-refractivity contribution in [3.05, 3.63) is 53.2 Å². The van der Waals surface area contributed by atoms with Crippen LogP contribution in [0.2, 0.25) is 0 Å². The average Bonchev–Trinajstić information content (AvgIpc) is 2.97. The smallest absolute Gasteiger partial charge is 0.161 e. The van der Waals surface area contributed by atoms with Crippen molar-refractivity contribution in [3.8, 4) is 11.3 Å². The molecule has 0 bridgehead atoms. The molecule has 138 valence electrons. The van der Waals surface area contributed by atoms with Gasteiger partial charge in [0.15, 0.2) is 11.6 Å². The summed E-state index contributed by atoms with van der Waals surface area (Å²) in [7, 11) is 0. The first-order valence-corrected chi connectivity index (χ1v) is 8.22. The van der Waals surface area contributed by atoms with E-state index in [4.69, 9.17) is 10.5 Å². The Bertz CT molecular complexity index is 847. The first kappa shape index (κ1) is 18.6. The quantitative estimate of drug-likeness (QED) is 0.872. The van der Waals surface area contributed by atoms with E-state index in [0.29, 0.717) is 5.56 Å². The molecule has 2 heterocycles. The normalized spacial score (nSPS) is 20.6. The van der Waals surface area contributed by atoms with Crippen LogP contribution in [0.25, 0.3) is 11.3 Å². The third-order valence-electron chi connectivity index (χ3n) is 4.52. The number of nitrogens with zero attached hydrogens (tertiary/aromatic N) is 1. The molecule has 1 fully saturated rings. The van der Waals surface area contributed by atoms with Crippen LogP contribution in [-0.4, -0.2) is 29.0 Å². The predicted molar refractivity (Wildman–Crippen MR) is 91.1 cm³/mol. The minimum Gasteiger partial charge on any atom is -0.386 e. The number of hydrogen-bond acceptors (Lipinski definition) is 5. The van der Waals surface area contributed by atoms with E-state index in [1.807, 2.05) is 0 Å². The standard InChI is InChI=1S/C19H20F2N2O3/c1-18(2,25)14-7-15(19(10-22)8-13(24)9-26-19)23-17(16(14)21)11-3-5-12(20)6-4-11/h3-7,25H,8-10,22H2,1-2H3. The Labute approximate surface area is 149 Å². The van der Waals surface area contributed by atoms with Crippen LogP contribution in [-0.2, 0) is 20.7 Å². The maximum Gasteiger partial charge on any atom is 0.161 e. The van der Waals surface area contributed by atoms with E-state index in [2.05, 4.69) is 4.98 Å². The number of ketones is 1. The lowest BCUT2D eigenvalue weighted by molar-refractivity contribution is -0.117. The Kier molecular flexibility index (Phi) is 4.64. The minimum absolute atomic E-state index is 0.00222. The molecule has 0 radical (unpaired) electrons. The number of halogens is 2. The van der Waals surface area contributed by atoms with Crippen LogP contribution < -0.4 is 5.73 Å². The zero-order chi connectivity index (χ0) is 19.1. The van der Waals surface area contributed by atoms with E-state index >= 15 is 4.39 Å². The molecule has 1 aliphatic heterocycles. The lowest BCUT2D eigenvalue weighted by Gasteiger charge is -2.28. The number of nitrogens with two attached hydrogens (primary N) is 1. The zero-order valence-corrected chi connectivity index (χ0v) is 14.6. The van der Waals surface area contributed by atoms with Crippen LogP contribution in [0, 0.1) is 11.6 Å². The van der Waals surface area contributed by atoms with Crippen LogP contribution in [0.5, 0.6) is 0 Å². The van der Waals surface area contributed by atoms with Crippen LogP contribution in [0.1, 0.15) is 31.5 Å². The van der Waals surface area contributed by atoms with Gasteiger partial charge in [0.2, 0.25) is 0 Å². The second kappa shape index (κ2) is 6.50. The number of pyridine rings is 1. The molecular weight excluding hydrogens is 342 g/mol. The third-order valence-corrected chi connectivity index (χ3v) is 4.52. The van der Waals surface area contributed by atoms with Crippen molar-refractivity contribution < 1.29 is 23.4 Å². The Morgan fingerprint density at radius 3 is 2.46 bits per heavy atom. The second-order valence-electron chi connectivity index (χ2n) is 6.99. The molecule has 1 aliphatic rings. The summed E-state index contributed by atoms with van der Waals surface area (Å²) in [6.07, 6.45) is 0.0241. The third kappa shape index (κ3) is 3.25. The highest BCUT2D eigenvalue weighted by molar-refractivity contribution is 5.83. The van der Waals surface area contributed by atoms with E-state index in [1.54, 1.807) is 0 Å². The number of carbonyl (C=O) groups is 1. The molecule has 1 atom stereocenters. The molecule has 3 N–H and O–H groups in total. The van der Waals surface area contributed by atoms with E-state index in [-0.39, 0.29) is 42.3 Å². The first-order valence-electron chi connectivity index (χ1n) is 8.22. The van der Waals surface area contributed by atoms with Gasteiger partial charge in [-0.2, -0.15) is 0 Å². The molecule has 0 aliphatic carbocycles. The SMILES string of the molecule is CC(C)(O)c1cc(C2(CN)CC(=O)CO2)nc(-c2ccc(F)cc2)c1F. The van der Waals surface area contributed by atoms with Gasteiger partial charge < -0.3 is 15.6 Å². The molecule has 1 aromatic heterocycles. The fraction of sp³-hybridized carbons (Fsp3) is 0.368. The average molecular weight is 362 g/mol. The van der Waals surface area contributed by atoms with Crippen molar-refractivity contribution >= 4 is 5.78 Å². The van der Waals surface area contributed by atoms with Crippen molar-refractivity contribution in [2.75, 3.05) is 13.2 Å². The zero-order valence-electron chi connectivity index (χ0n) is 14.6. The van der Waals surface area contributed by atoms with E-state index in [9.17, 15) is 14.3 Å². The van der Waals surface area contributed by atoms with Gasteiger partial charge in [0.1, 0.15) is 23.7 Å². The van der Waals surface area contributed by atoms with Crippen molar-refractivity contribution in [1.29, 1.82) is 0 Å². The molecule has 1 unspecified atom stereocenters. The molecule has 0 spiro atoms. The maximum atomic E-state index is 15.1. The topological polar surface area (TPSA) is 85.4 Å². The summed E-state index contributed by atoms with van der Waals surface area (Å²) in [5, 5.41) is 10.4.